The fourth-order valence-electron chi connectivity index (χ4n) is 7.73. The zero-order valence-corrected chi connectivity index (χ0v) is 39.3. The molecule has 18 nitrogen and oxygen atoms in total. The highest BCUT2D eigenvalue weighted by atomic mass is 35.5. The summed E-state index contributed by atoms with van der Waals surface area (Å²) >= 11 is 4.71. The van der Waals surface area contributed by atoms with Gasteiger partial charge in [0.2, 0.25) is 23.0 Å². The van der Waals surface area contributed by atoms with Crippen LogP contribution in [0.4, 0.5) is 57.7 Å². The number of nitrogens with zero attached hydrogens (tertiary/aromatic N) is 8. The highest BCUT2D eigenvalue weighted by molar-refractivity contribution is 6.66. The third kappa shape index (κ3) is 12.5. The molecule has 6 heterocycles. The third-order valence-electron chi connectivity index (χ3n) is 11.2. The molecule has 4 aromatic heterocycles. The van der Waals surface area contributed by atoms with Gasteiger partial charge in [0.15, 0.2) is 0 Å². The minimum atomic E-state index is -0.509. The molecule has 1 amide bonds. The van der Waals surface area contributed by atoms with E-state index in [-0.39, 0.29) is 5.91 Å². The number of aromatic nitrogens is 6. The van der Waals surface area contributed by atoms with Gasteiger partial charge in [-0.2, -0.15) is 9.97 Å². The van der Waals surface area contributed by atoms with E-state index in [1.807, 2.05) is 72.8 Å². The number of carbonyl (C=O) groups is 2. The summed E-state index contributed by atoms with van der Waals surface area (Å²) in [5.74, 6) is 1.25. The lowest BCUT2D eigenvalue weighted by atomic mass is 10.1. The van der Waals surface area contributed by atoms with Crippen molar-refractivity contribution in [3.63, 3.8) is 0 Å². The van der Waals surface area contributed by atoms with Crippen LogP contribution in [0, 0.1) is 0 Å². The van der Waals surface area contributed by atoms with Crippen LogP contribution >= 0.6 is 11.6 Å². The maximum Gasteiger partial charge on any atom is 0.247 e. The quantitative estimate of drug-likeness (QED) is 0.0405. The van der Waals surface area contributed by atoms with Crippen molar-refractivity contribution in [3.8, 4) is 22.5 Å². The number of morpholine rings is 2. The second-order valence-electron chi connectivity index (χ2n) is 15.9. The van der Waals surface area contributed by atoms with E-state index in [4.69, 9.17) is 48.2 Å². The molecule has 2 aliphatic rings. The van der Waals surface area contributed by atoms with Gasteiger partial charge in [-0.25, -0.2) is 9.97 Å². The number of benzene rings is 4. The first-order valence-electron chi connectivity index (χ1n) is 22.5. The van der Waals surface area contributed by atoms with E-state index in [1.54, 1.807) is 24.5 Å². The smallest absolute Gasteiger partial charge is 0.247 e. The second-order valence-corrected chi connectivity index (χ2v) is 16.3. The van der Waals surface area contributed by atoms with Gasteiger partial charge < -0.3 is 52.4 Å². The number of anilines is 10. The summed E-state index contributed by atoms with van der Waals surface area (Å²) in [6.07, 6.45) is 5.64. The number of hydrogen-bond acceptors (Lipinski definition) is 17. The number of nitrogens with two attached hydrogens (primary N) is 3. The monoisotopic (exact) mass is 970 g/mol. The van der Waals surface area contributed by atoms with Crippen LogP contribution in [0.15, 0.2) is 147 Å². The summed E-state index contributed by atoms with van der Waals surface area (Å²) in [5.41, 5.74) is 28.1. The molecule has 9 N–H and O–H groups in total. The molecule has 0 aliphatic carbocycles. The molecule has 8 aromatic rings. The van der Waals surface area contributed by atoms with Crippen LogP contribution in [0.2, 0.25) is 0 Å². The third-order valence-corrected chi connectivity index (χ3v) is 11.4. The van der Waals surface area contributed by atoms with Gasteiger partial charge in [0.25, 0.3) is 0 Å². The van der Waals surface area contributed by atoms with Gasteiger partial charge in [-0.15, -0.1) is 0 Å². The number of rotatable bonds is 11. The molecule has 0 unspecified atom stereocenters. The molecular weight excluding hydrogens is 920 g/mol. The predicted molar refractivity (Wildman–Crippen MR) is 284 cm³/mol. The maximum absolute atomic E-state index is 11.7. The van der Waals surface area contributed by atoms with E-state index in [9.17, 15) is 9.59 Å². The number of carbonyl (C=O) groups excluding carboxylic acids is 2. The van der Waals surface area contributed by atoms with E-state index in [0.29, 0.717) is 62.7 Å². The maximum atomic E-state index is 11.7. The van der Waals surface area contributed by atoms with Crippen molar-refractivity contribution in [2.24, 2.45) is 0 Å². The highest BCUT2D eigenvalue weighted by Crippen LogP contribution is 2.33. The van der Waals surface area contributed by atoms with E-state index >= 15 is 0 Å². The van der Waals surface area contributed by atoms with Crippen LogP contribution in [0.3, 0.4) is 0 Å². The fraction of sp³-hybridized carbons (Fsp3) is 0.154. The van der Waals surface area contributed by atoms with E-state index in [0.717, 1.165) is 92.3 Å². The lowest BCUT2D eigenvalue weighted by molar-refractivity contribution is -0.112. The summed E-state index contributed by atoms with van der Waals surface area (Å²) in [7, 11) is 0. The van der Waals surface area contributed by atoms with Crippen LogP contribution in [-0.4, -0.2) is 93.7 Å². The topological polar surface area (TPSA) is 251 Å². The van der Waals surface area contributed by atoms with Crippen molar-refractivity contribution in [3.05, 3.63) is 147 Å². The molecule has 0 atom stereocenters. The number of nitrogens with one attached hydrogen (secondary N) is 3. The van der Waals surface area contributed by atoms with Gasteiger partial charge in [0, 0.05) is 94.6 Å². The van der Waals surface area contributed by atoms with Gasteiger partial charge in [-0.3, -0.25) is 19.6 Å². The molecule has 0 bridgehead atoms. The number of allylic oxidation sites excluding steroid dienone is 1. The van der Waals surface area contributed by atoms with E-state index in [2.05, 4.69) is 83.1 Å². The van der Waals surface area contributed by atoms with Gasteiger partial charge in [0.1, 0.15) is 22.7 Å². The van der Waals surface area contributed by atoms with Crippen LogP contribution in [0.1, 0.15) is 0 Å². The molecule has 0 spiro atoms. The molecule has 71 heavy (non-hydrogen) atoms. The standard InChI is InChI=1S/C26H25N7O2.C23H23N7O.C3H3ClO/c1-2-22(34)29-19-5-3-4-17(16-19)23-24-21(10-11-28-23)25(27)32-26(31-24)30-18-6-8-20(9-7-18)33-12-14-35-15-13-33;24-16-3-1-2-15(14-16)20-21-19(8-9-26-20)22(25)29-23(28-21)27-17-4-6-18(7-5-17)30-10-12-31-13-11-30;1-2-3(4)5/h2-11,16H,1,12-15H2,(H,29,34)(H3,27,30,31,32);1-9,14H,10-13,24H2,(H3,25,27,28,29);2H,1H2. The van der Waals surface area contributed by atoms with Crippen molar-refractivity contribution in [2.75, 3.05) is 95.6 Å². The first kappa shape index (κ1) is 48.7. The van der Waals surface area contributed by atoms with Gasteiger partial charge in [-0.1, -0.05) is 37.4 Å². The number of nitrogen functional groups attached to an aromatic ring is 3. The summed E-state index contributed by atoms with van der Waals surface area (Å²) in [5, 5.41) is 10.2. The molecule has 19 heteroatoms. The van der Waals surface area contributed by atoms with Crippen LogP contribution < -0.4 is 43.0 Å². The predicted octanol–water partition coefficient (Wildman–Crippen LogP) is 8.35. The second kappa shape index (κ2) is 23.1. The Morgan fingerprint density at radius 3 is 1.46 bits per heavy atom. The van der Waals surface area contributed by atoms with Crippen LogP contribution in [0.5, 0.6) is 0 Å². The Hall–Kier alpha value is -8.71. The average Bonchev–Trinajstić information content (AvgIpc) is 3.40. The summed E-state index contributed by atoms with van der Waals surface area (Å²) < 4.78 is 10.9. The fourth-order valence-corrected chi connectivity index (χ4v) is 7.73. The Bertz CT molecular complexity index is 3180. The largest absolute Gasteiger partial charge is 0.399 e. The minimum absolute atomic E-state index is 0.286. The first-order valence-corrected chi connectivity index (χ1v) is 22.9. The zero-order chi connectivity index (χ0) is 49.7. The molecule has 4 aromatic carbocycles. The van der Waals surface area contributed by atoms with Crippen molar-refractivity contribution >= 4 is 102 Å². The number of fused-ring (bicyclic) bond motifs is 2. The minimum Gasteiger partial charge on any atom is -0.399 e. The van der Waals surface area contributed by atoms with Crippen molar-refractivity contribution in [1.29, 1.82) is 0 Å². The normalized spacial score (nSPS) is 13.2. The molecular formula is C52H51ClN14O4. The lowest BCUT2D eigenvalue weighted by Crippen LogP contribution is -2.36. The Balaban J connectivity index is 0.000000175. The zero-order valence-electron chi connectivity index (χ0n) is 38.6. The number of hydrogen-bond donors (Lipinski definition) is 6. The molecule has 2 aliphatic heterocycles. The molecule has 2 fully saturated rings. The van der Waals surface area contributed by atoms with Crippen molar-refractivity contribution in [1.82, 2.24) is 29.9 Å². The van der Waals surface area contributed by atoms with Gasteiger partial charge in [-0.05, 0) is 109 Å². The average molecular weight is 972 g/mol. The van der Waals surface area contributed by atoms with Crippen molar-refractivity contribution in [2.45, 2.75) is 0 Å². The number of halogens is 1. The summed E-state index contributed by atoms with van der Waals surface area (Å²) in [4.78, 5) is 53.2. The Morgan fingerprint density at radius 1 is 0.577 bits per heavy atom. The molecule has 0 saturated carbocycles. The molecule has 10 rings (SSSR count). The number of ether oxygens (including phenoxy) is 2. The van der Waals surface area contributed by atoms with Gasteiger partial charge in [0.05, 0.1) is 37.8 Å². The number of amides is 1. The Morgan fingerprint density at radius 2 is 1.03 bits per heavy atom. The van der Waals surface area contributed by atoms with Crippen LogP contribution in [0.25, 0.3) is 44.3 Å². The van der Waals surface area contributed by atoms with Crippen molar-refractivity contribution < 1.29 is 19.1 Å². The summed E-state index contributed by atoms with van der Waals surface area (Å²) in [6, 6.07) is 34.8. The Labute approximate surface area is 414 Å². The Kier molecular flexibility index (Phi) is 15.8. The van der Waals surface area contributed by atoms with Gasteiger partial charge >= 0.3 is 0 Å². The highest BCUT2D eigenvalue weighted by Gasteiger charge is 2.17. The molecule has 0 radical (unpaired) electrons. The first-order chi connectivity index (χ1) is 34.5. The van der Waals surface area contributed by atoms with E-state index < -0.39 is 5.24 Å². The SMILES string of the molecule is C=CC(=O)Cl.C=CC(=O)Nc1cccc(-c2nccc3c(N)nc(Nc4ccc(N5CCOCC5)cc4)nc23)c1.Nc1cccc(-c2nccc3c(N)nc(Nc4ccc(N5CCOCC5)cc4)nc23)c1. The van der Waals surface area contributed by atoms with E-state index in [1.165, 1.54) is 11.8 Å². The van der Waals surface area contributed by atoms with Crippen LogP contribution in [-0.2, 0) is 19.1 Å². The number of pyridine rings is 2. The lowest BCUT2D eigenvalue weighted by Gasteiger charge is -2.28. The summed E-state index contributed by atoms with van der Waals surface area (Å²) in [6.45, 7) is 13.1. The molecule has 2 saturated heterocycles. The molecule has 360 valence electrons.